The zero-order valence-corrected chi connectivity index (χ0v) is 23.4. The van der Waals surface area contributed by atoms with E-state index in [0.717, 1.165) is 37.0 Å². The van der Waals surface area contributed by atoms with Crippen molar-refractivity contribution in [3.63, 3.8) is 0 Å². The molecule has 6 rings (SSSR count). The lowest BCUT2D eigenvalue weighted by Crippen LogP contribution is -2.50. The van der Waals surface area contributed by atoms with Gasteiger partial charge in [0.05, 0.1) is 41.1 Å². The van der Waals surface area contributed by atoms with E-state index in [1.807, 2.05) is 4.90 Å². The molecule has 3 heterocycles. The first-order valence-electron chi connectivity index (χ1n) is 13.4. The van der Waals surface area contributed by atoms with Crippen LogP contribution in [0.25, 0.3) is 11.3 Å². The van der Waals surface area contributed by atoms with Gasteiger partial charge in [0.15, 0.2) is 0 Å². The van der Waals surface area contributed by atoms with Gasteiger partial charge >= 0.3 is 12.0 Å². The molecule has 1 aliphatic carbocycles. The fraction of sp³-hybridized carbons (Fsp3) is 0.414. The molecule has 1 aromatic heterocycles. The largest absolute Gasteiger partial charge is 0.495 e. The maximum atomic E-state index is 13.3. The zero-order chi connectivity index (χ0) is 28.0. The Hall–Kier alpha value is -3.27. The molecule has 11 heteroatoms. The molecule has 0 radical (unpaired) electrons. The number of carbonyl (C=O) groups is 2. The summed E-state index contributed by atoms with van der Waals surface area (Å²) in [6, 6.07) is 9.52. The number of amides is 2. The highest BCUT2D eigenvalue weighted by Gasteiger charge is 2.44. The lowest BCUT2D eigenvalue weighted by Gasteiger charge is -2.38. The summed E-state index contributed by atoms with van der Waals surface area (Å²) in [4.78, 5) is 26.7. The minimum absolute atomic E-state index is 0.0141. The Labute approximate surface area is 241 Å². The van der Waals surface area contributed by atoms with Crippen molar-refractivity contribution in [3.8, 4) is 17.0 Å². The fourth-order valence-corrected chi connectivity index (χ4v) is 6.54. The van der Waals surface area contributed by atoms with Crippen molar-refractivity contribution in [2.75, 3.05) is 12.4 Å². The molecule has 2 aliphatic heterocycles. The number of hydrogen-bond donors (Lipinski definition) is 2. The van der Waals surface area contributed by atoms with Crippen molar-refractivity contribution < 1.29 is 28.7 Å². The van der Waals surface area contributed by atoms with Gasteiger partial charge in [0.25, 0.3) is 0 Å². The zero-order valence-electron chi connectivity index (χ0n) is 21.9. The van der Waals surface area contributed by atoms with Crippen LogP contribution < -0.4 is 10.1 Å². The Morgan fingerprint density at radius 1 is 1.10 bits per heavy atom. The molecule has 2 amide bonds. The molecule has 1 saturated carbocycles. The number of anilines is 1. The summed E-state index contributed by atoms with van der Waals surface area (Å²) in [6.45, 7) is 0.321. The third-order valence-electron chi connectivity index (χ3n) is 8.04. The second-order valence-electron chi connectivity index (χ2n) is 10.6. The maximum Gasteiger partial charge on any atom is 0.335 e. The molecular formula is C29H29Cl2N3O6. The van der Waals surface area contributed by atoms with Gasteiger partial charge in [-0.05, 0) is 68.9 Å². The number of carbonyl (C=O) groups excluding carboxylic acids is 1. The van der Waals surface area contributed by atoms with Crippen molar-refractivity contribution in [2.45, 2.75) is 69.2 Å². The average molecular weight is 586 g/mol. The number of rotatable bonds is 8. The molecule has 2 saturated heterocycles. The summed E-state index contributed by atoms with van der Waals surface area (Å²) in [7, 11) is 1.48. The van der Waals surface area contributed by atoms with Crippen LogP contribution >= 0.6 is 23.2 Å². The molecule has 2 unspecified atom stereocenters. The van der Waals surface area contributed by atoms with Gasteiger partial charge in [-0.15, -0.1) is 0 Å². The SMILES string of the molecule is COc1ccc(C(=O)O)cc1NC(=O)N1C2CCC1CC(OCc1c(-c3c(Cl)cccc3Cl)noc1C1CC1)C2. The highest BCUT2D eigenvalue weighted by atomic mass is 35.5. The highest BCUT2D eigenvalue weighted by molar-refractivity contribution is 6.39. The fourth-order valence-electron chi connectivity index (χ4n) is 5.96. The van der Waals surface area contributed by atoms with Crippen molar-refractivity contribution in [1.82, 2.24) is 10.1 Å². The minimum atomic E-state index is -1.08. The number of halogens is 2. The monoisotopic (exact) mass is 585 g/mol. The van der Waals surface area contributed by atoms with Gasteiger partial charge in [0.1, 0.15) is 17.2 Å². The average Bonchev–Trinajstić information content (AvgIpc) is 3.63. The van der Waals surface area contributed by atoms with Crippen LogP contribution in [0.2, 0.25) is 10.0 Å². The number of fused-ring (bicyclic) bond motifs is 2. The van der Waals surface area contributed by atoms with Crippen molar-refractivity contribution in [2.24, 2.45) is 0 Å². The standard InChI is InChI=1S/C29H29Cl2N3O6/c1-38-24-10-7-16(28(35)36)11-23(24)32-29(37)34-17-8-9-18(34)13-19(12-17)39-14-20-26(33-40-27(20)15-5-6-15)25-21(30)3-2-4-22(25)31/h2-4,7,10-11,15,17-19H,5-6,8-9,12-14H2,1H3,(H,32,37)(H,35,36). The predicted octanol–water partition coefficient (Wildman–Crippen LogP) is 6.98. The number of nitrogens with one attached hydrogen (secondary N) is 1. The van der Waals surface area contributed by atoms with Crippen LogP contribution in [-0.2, 0) is 11.3 Å². The number of aromatic nitrogens is 1. The predicted molar refractivity (Wildman–Crippen MR) is 149 cm³/mol. The Bertz CT molecular complexity index is 1420. The first-order chi connectivity index (χ1) is 19.3. The number of carboxylic acid groups (broad SMARTS) is 1. The number of benzene rings is 2. The molecular weight excluding hydrogens is 557 g/mol. The van der Waals surface area contributed by atoms with E-state index in [4.69, 9.17) is 37.2 Å². The van der Waals surface area contributed by atoms with E-state index in [1.165, 1.54) is 19.2 Å². The lowest BCUT2D eigenvalue weighted by atomic mass is 9.99. The smallest absolute Gasteiger partial charge is 0.335 e. The number of methoxy groups -OCH3 is 1. The Morgan fingerprint density at radius 2 is 1.80 bits per heavy atom. The van der Waals surface area contributed by atoms with Crippen LogP contribution in [0.1, 0.15) is 66.1 Å². The highest BCUT2D eigenvalue weighted by Crippen LogP contribution is 2.46. The second kappa shape index (κ2) is 11.0. The molecule has 2 bridgehead atoms. The maximum absolute atomic E-state index is 13.3. The number of hydrogen-bond acceptors (Lipinski definition) is 6. The van der Waals surface area contributed by atoms with Gasteiger partial charge in [-0.1, -0.05) is 34.4 Å². The van der Waals surface area contributed by atoms with Crippen LogP contribution in [0.3, 0.4) is 0 Å². The Morgan fingerprint density at radius 3 is 2.42 bits per heavy atom. The molecule has 2 atom stereocenters. The van der Waals surface area contributed by atoms with Gasteiger partial charge in [-0.2, -0.15) is 0 Å². The molecule has 3 fully saturated rings. The van der Waals surface area contributed by atoms with Crippen molar-refractivity contribution in [1.29, 1.82) is 0 Å². The molecule has 210 valence electrons. The Kier molecular flexibility index (Phi) is 7.37. The van der Waals surface area contributed by atoms with Gasteiger partial charge in [0.2, 0.25) is 0 Å². The first-order valence-corrected chi connectivity index (χ1v) is 14.1. The van der Waals surface area contributed by atoms with Gasteiger partial charge < -0.3 is 29.3 Å². The number of carboxylic acids is 1. The van der Waals surface area contributed by atoms with E-state index >= 15 is 0 Å². The van der Waals surface area contributed by atoms with Crippen LogP contribution in [-0.4, -0.2) is 52.5 Å². The van der Waals surface area contributed by atoms with Gasteiger partial charge in [-0.25, -0.2) is 9.59 Å². The van der Waals surface area contributed by atoms with Crippen LogP contribution in [0, 0.1) is 0 Å². The molecule has 40 heavy (non-hydrogen) atoms. The second-order valence-corrected chi connectivity index (χ2v) is 11.4. The molecule has 2 aromatic carbocycles. The minimum Gasteiger partial charge on any atom is -0.495 e. The number of urea groups is 1. The summed E-state index contributed by atoms with van der Waals surface area (Å²) >= 11 is 13.0. The number of nitrogens with zero attached hydrogens (tertiary/aromatic N) is 2. The summed E-state index contributed by atoms with van der Waals surface area (Å²) in [5, 5.41) is 17.6. The quantitative estimate of drug-likeness (QED) is 0.293. The van der Waals surface area contributed by atoms with E-state index in [2.05, 4.69) is 10.5 Å². The van der Waals surface area contributed by atoms with Crippen molar-refractivity contribution >= 4 is 40.9 Å². The third kappa shape index (κ3) is 5.13. The molecule has 3 aromatic rings. The normalized spacial score (nSPS) is 21.9. The number of aromatic carboxylic acids is 1. The van der Waals surface area contributed by atoms with E-state index < -0.39 is 5.97 Å². The summed E-state index contributed by atoms with van der Waals surface area (Å²) in [5.74, 6) is 0.495. The molecule has 0 spiro atoms. The summed E-state index contributed by atoms with van der Waals surface area (Å²) in [6.07, 6.45) is 5.22. The third-order valence-corrected chi connectivity index (χ3v) is 8.67. The topological polar surface area (TPSA) is 114 Å². The van der Waals surface area contributed by atoms with E-state index in [9.17, 15) is 14.7 Å². The van der Waals surface area contributed by atoms with E-state index in [1.54, 1.807) is 24.3 Å². The number of piperidine rings is 1. The van der Waals surface area contributed by atoms with Crippen LogP contribution in [0.4, 0.5) is 10.5 Å². The molecule has 3 aliphatic rings. The first kappa shape index (κ1) is 26.9. The lowest BCUT2D eigenvalue weighted by molar-refractivity contribution is -0.0158. The molecule has 9 nitrogen and oxygen atoms in total. The van der Waals surface area contributed by atoms with E-state index in [-0.39, 0.29) is 29.8 Å². The molecule has 2 N–H and O–H groups in total. The van der Waals surface area contributed by atoms with Gasteiger partial charge in [-0.3, -0.25) is 0 Å². The van der Waals surface area contributed by atoms with Gasteiger partial charge in [0, 0.05) is 29.1 Å². The van der Waals surface area contributed by atoms with E-state index in [0.29, 0.717) is 58.1 Å². The number of ether oxygens (including phenoxy) is 2. The van der Waals surface area contributed by atoms with Crippen LogP contribution in [0.5, 0.6) is 5.75 Å². The summed E-state index contributed by atoms with van der Waals surface area (Å²) in [5.41, 5.74) is 2.55. The van der Waals surface area contributed by atoms with Crippen LogP contribution in [0.15, 0.2) is 40.9 Å². The summed E-state index contributed by atoms with van der Waals surface area (Å²) < 4.78 is 17.6. The van der Waals surface area contributed by atoms with Crippen molar-refractivity contribution in [3.05, 3.63) is 63.3 Å². The Balaban J connectivity index is 1.15.